The molecule has 1 amide bonds. The van der Waals surface area contributed by atoms with E-state index in [1.165, 1.54) is 11.8 Å². The predicted octanol–water partition coefficient (Wildman–Crippen LogP) is 2.77. The molecule has 8 heteroatoms. The van der Waals surface area contributed by atoms with Gasteiger partial charge in [0, 0.05) is 24.1 Å². The van der Waals surface area contributed by atoms with Crippen molar-refractivity contribution in [2.75, 3.05) is 32.1 Å². The Labute approximate surface area is 165 Å². The number of morpholine rings is 1. The molecule has 2 heterocycles. The van der Waals surface area contributed by atoms with Gasteiger partial charge in [0.1, 0.15) is 0 Å². The Hall–Kier alpha value is -1.38. The first-order valence-corrected chi connectivity index (χ1v) is 10.4. The first-order chi connectivity index (χ1) is 12.5. The zero-order chi connectivity index (χ0) is 18.7. The summed E-state index contributed by atoms with van der Waals surface area (Å²) in [7, 11) is 0. The number of benzene rings is 1. The molecule has 0 aliphatic carbocycles. The highest BCUT2D eigenvalue weighted by molar-refractivity contribution is 9.10. The van der Waals surface area contributed by atoms with E-state index >= 15 is 0 Å². The molecule has 1 aromatic heterocycles. The zero-order valence-electron chi connectivity index (χ0n) is 14.9. The Bertz CT molecular complexity index is 863. The number of fused-ring (bicyclic) bond motifs is 1. The molecule has 0 unspecified atom stereocenters. The normalized spacial score (nSPS) is 15.0. The van der Waals surface area contributed by atoms with Crippen LogP contribution < -0.4 is 5.56 Å². The van der Waals surface area contributed by atoms with Crippen molar-refractivity contribution in [3.05, 3.63) is 33.0 Å². The van der Waals surface area contributed by atoms with Crippen LogP contribution in [0.15, 0.2) is 32.6 Å². The molecule has 1 aliphatic heterocycles. The molecule has 1 aromatic carbocycles. The highest BCUT2D eigenvalue weighted by Gasteiger charge is 2.19. The van der Waals surface area contributed by atoms with Crippen LogP contribution in [-0.2, 0) is 16.1 Å². The summed E-state index contributed by atoms with van der Waals surface area (Å²) in [6.07, 6.45) is 0. The van der Waals surface area contributed by atoms with Crippen molar-refractivity contribution in [3.8, 4) is 0 Å². The molecule has 6 nitrogen and oxygen atoms in total. The van der Waals surface area contributed by atoms with Crippen LogP contribution in [0.25, 0.3) is 10.9 Å². The number of aromatic nitrogens is 2. The van der Waals surface area contributed by atoms with Crippen molar-refractivity contribution < 1.29 is 9.53 Å². The number of nitrogens with zero attached hydrogens (tertiary/aromatic N) is 3. The molecule has 0 atom stereocenters. The second-order valence-corrected chi connectivity index (χ2v) is 8.51. The van der Waals surface area contributed by atoms with E-state index in [0.717, 1.165) is 4.47 Å². The van der Waals surface area contributed by atoms with E-state index in [-0.39, 0.29) is 17.2 Å². The molecule has 0 saturated carbocycles. The Morgan fingerprint density at radius 3 is 2.77 bits per heavy atom. The highest BCUT2D eigenvalue weighted by Crippen LogP contribution is 2.22. The molecule has 3 rings (SSSR count). The summed E-state index contributed by atoms with van der Waals surface area (Å²) in [6.45, 7) is 7.10. The third-order valence-corrected chi connectivity index (χ3v) is 5.57. The maximum Gasteiger partial charge on any atom is 0.262 e. The molecule has 1 saturated heterocycles. The molecule has 0 radical (unpaired) electrons. The van der Waals surface area contributed by atoms with E-state index in [9.17, 15) is 9.59 Å². The van der Waals surface area contributed by atoms with Gasteiger partial charge in [-0.25, -0.2) is 4.98 Å². The van der Waals surface area contributed by atoms with E-state index in [4.69, 9.17) is 4.74 Å². The molecule has 1 fully saturated rings. The van der Waals surface area contributed by atoms with E-state index < -0.39 is 0 Å². The zero-order valence-corrected chi connectivity index (χ0v) is 17.3. The molecule has 0 bridgehead atoms. The van der Waals surface area contributed by atoms with Gasteiger partial charge in [-0.2, -0.15) is 0 Å². The second-order valence-electron chi connectivity index (χ2n) is 6.65. The van der Waals surface area contributed by atoms with Gasteiger partial charge in [0.05, 0.1) is 29.9 Å². The standard InChI is InChI=1S/C18H22BrN3O3S/c1-12(2)10-22-17(24)14-9-13(19)3-4-15(14)20-18(22)26-11-16(23)21-5-7-25-8-6-21/h3-4,9,12H,5-8,10-11H2,1-2H3. The lowest BCUT2D eigenvalue weighted by molar-refractivity contribution is -0.132. The predicted molar refractivity (Wildman–Crippen MR) is 107 cm³/mol. The summed E-state index contributed by atoms with van der Waals surface area (Å²) in [5.74, 6) is 0.625. The smallest absolute Gasteiger partial charge is 0.262 e. The number of hydrogen-bond donors (Lipinski definition) is 0. The van der Waals surface area contributed by atoms with Crippen molar-refractivity contribution in [2.45, 2.75) is 25.5 Å². The van der Waals surface area contributed by atoms with Crippen molar-refractivity contribution >= 4 is 44.5 Å². The van der Waals surface area contributed by atoms with E-state index in [0.29, 0.717) is 54.8 Å². The summed E-state index contributed by atoms with van der Waals surface area (Å²) in [5, 5.41) is 1.18. The minimum absolute atomic E-state index is 0.0551. The largest absolute Gasteiger partial charge is 0.378 e. The van der Waals surface area contributed by atoms with Gasteiger partial charge < -0.3 is 9.64 Å². The fourth-order valence-electron chi connectivity index (χ4n) is 2.84. The lowest BCUT2D eigenvalue weighted by Gasteiger charge is -2.26. The molecule has 0 spiro atoms. The molecule has 26 heavy (non-hydrogen) atoms. The Balaban J connectivity index is 1.89. The number of carbonyl (C=O) groups is 1. The fraction of sp³-hybridized carbons (Fsp3) is 0.500. The Morgan fingerprint density at radius 2 is 2.08 bits per heavy atom. The third-order valence-electron chi connectivity index (χ3n) is 4.12. The van der Waals surface area contributed by atoms with Crippen LogP contribution in [0.2, 0.25) is 0 Å². The molecule has 1 aliphatic rings. The van der Waals surface area contributed by atoms with Gasteiger partial charge >= 0.3 is 0 Å². The van der Waals surface area contributed by atoms with E-state index in [1.807, 2.05) is 12.1 Å². The summed E-state index contributed by atoms with van der Waals surface area (Å²) in [5.41, 5.74) is 0.589. The van der Waals surface area contributed by atoms with Gasteiger partial charge in [-0.3, -0.25) is 14.2 Å². The van der Waals surface area contributed by atoms with E-state index in [1.54, 1.807) is 15.5 Å². The molecular formula is C18H22BrN3O3S. The lowest BCUT2D eigenvalue weighted by atomic mass is 10.2. The van der Waals surface area contributed by atoms with Crippen LogP contribution >= 0.6 is 27.7 Å². The number of rotatable bonds is 5. The molecule has 0 N–H and O–H groups in total. The maximum absolute atomic E-state index is 13.0. The van der Waals surface area contributed by atoms with Crippen LogP contribution in [0.5, 0.6) is 0 Å². The quantitative estimate of drug-likeness (QED) is 0.529. The van der Waals surface area contributed by atoms with Gasteiger partial charge in [-0.05, 0) is 24.1 Å². The van der Waals surface area contributed by atoms with Gasteiger partial charge in [0.25, 0.3) is 5.56 Å². The summed E-state index contributed by atoms with van der Waals surface area (Å²) in [6, 6.07) is 5.50. The average molecular weight is 440 g/mol. The summed E-state index contributed by atoms with van der Waals surface area (Å²) < 4.78 is 7.83. The first-order valence-electron chi connectivity index (χ1n) is 8.64. The first kappa shape index (κ1) is 19.4. The second kappa shape index (κ2) is 8.54. The van der Waals surface area contributed by atoms with Crippen LogP contribution in [-0.4, -0.2) is 52.4 Å². The number of hydrogen-bond acceptors (Lipinski definition) is 5. The van der Waals surface area contributed by atoms with Crippen molar-refractivity contribution in [1.29, 1.82) is 0 Å². The van der Waals surface area contributed by atoms with Crippen LogP contribution in [0.4, 0.5) is 0 Å². The van der Waals surface area contributed by atoms with Crippen molar-refractivity contribution in [3.63, 3.8) is 0 Å². The highest BCUT2D eigenvalue weighted by atomic mass is 79.9. The van der Waals surface area contributed by atoms with Crippen molar-refractivity contribution in [2.24, 2.45) is 5.92 Å². The lowest BCUT2D eigenvalue weighted by Crippen LogP contribution is -2.41. The van der Waals surface area contributed by atoms with Crippen LogP contribution in [0.1, 0.15) is 13.8 Å². The van der Waals surface area contributed by atoms with Gasteiger partial charge in [-0.15, -0.1) is 0 Å². The number of carbonyl (C=O) groups excluding carboxylic acids is 1. The molecule has 2 aromatic rings. The fourth-order valence-corrected chi connectivity index (χ4v) is 4.11. The topological polar surface area (TPSA) is 64.4 Å². The molecular weight excluding hydrogens is 418 g/mol. The average Bonchev–Trinajstić information content (AvgIpc) is 2.63. The minimum Gasteiger partial charge on any atom is -0.378 e. The van der Waals surface area contributed by atoms with Crippen molar-refractivity contribution in [1.82, 2.24) is 14.5 Å². The summed E-state index contributed by atoms with van der Waals surface area (Å²) >= 11 is 4.74. The monoisotopic (exact) mass is 439 g/mol. The van der Waals surface area contributed by atoms with E-state index in [2.05, 4.69) is 34.8 Å². The number of amides is 1. The minimum atomic E-state index is -0.0636. The molecule has 140 valence electrons. The summed E-state index contributed by atoms with van der Waals surface area (Å²) in [4.78, 5) is 31.8. The third kappa shape index (κ3) is 4.47. The Kier molecular flexibility index (Phi) is 6.37. The van der Waals surface area contributed by atoms with Crippen LogP contribution in [0.3, 0.4) is 0 Å². The Morgan fingerprint density at radius 1 is 1.35 bits per heavy atom. The SMILES string of the molecule is CC(C)Cn1c(SCC(=O)N2CCOCC2)nc2ccc(Br)cc2c1=O. The number of ether oxygens (including phenoxy) is 1. The number of thioether (sulfide) groups is 1. The van der Waals surface area contributed by atoms with Crippen LogP contribution in [0, 0.1) is 5.92 Å². The van der Waals surface area contributed by atoms with Gasteiger partial charge in [0.2, 0.25) is 5.91 Å². The number of halogens is 1. The van der Waals surface area contributed by atoms with Gasteiger partial charge in [-0.1, -0.05) is 41.5 Å². The van der Waals surface area contributed by atoms with Gasteiger partial charge in [0.15, 0.2) is 5.16 Å². The maximum atomic E-state index is 13.0.